The quantitative estimate of drug-likeness (QED) is 0.723. The van der Waals surface area contributed by atoms with Gasteiger partial charge in [-0.2, -0.15) is 5.10 Å². The van der Waals surface area contributed by atoms with Gasteiger partial charge < -0.3 is 10.6 Å². The number of nitrogens with one attached hydrogen (secondary N) is 3. The number of rotatable bonds is 2. The van der Waals surface area contributed by atoms with E-state index in [0.29, 0.717) is 23.6 Å². The maximum Gasteiger partial charge on any atom is 0.349 e. The first-order chi connectivity index (χ1) is 9.13. The third-order valence-corrected chi connectivity index (χ3v) is 3.55. The fraction of sp³-hybridized carbons (Fsp3) is 0.583. The first kappa shape index (κ1) is 12.2. The Hall–Kier alpha value is -1.89. The molecule has 3 heterocycles. The van der Waals surface area contributed by atoms with E-state index in [1.54, 1.807) is 13.0 Å². The molecule has 2 aromatic heterocycles. The average molecular weight is 262 g/mol. The Balaban J connectivity index is 1.87. The van der Waals surface area contributed by atoms with E-state index in [-0.39, 0.29) is 5.69 Å². The monoisotopic (exact) mass is 262 g/mol. The number of aromatic nitrogens is 4. The van der Waals surface area contributed by atoms with Crippen LogP contribution in [-0.2, 0) is 0 Å². The fourth-order valence-electron chi connectivity index (χ4n) is 2.64. The van der Waals surface area contributed by atoms with Crippen molar-refractivity contribution in [3.05, 3.63) is 22.4 Å². The SMILES string of the molecule is Cc1nc(NC2CCNC(C)C2)cc2n[nH]c(=O)n12. The number of aromatic amines is 1. The molecule has 2 atom stereocenters. The van der Waals surface area contributed by atoms with Crippen molar-refractivity contribution in [3.63, 3.8) is 0 Å². The zero-order chi connectivity index (χ0) is 13.4. The maximum absolute atomic E-state index is 11.5. The zero-order valence-corrected chi connectivity index (χ0v) is 11.1. The number of hydrogen-bond acceptors (Lipinski definition) is 5. The van der Waals surface area contributed by atoms with E-state index in [0.717, 1.165) is 25.2 Å². The second-order valence-corrected chi connectivity index (χ2v) is 5.13. The molecule has 0 amide bonds. The molecule has 3 N–H and O–H groups in total. The molecule has 1 aliphatic rings. The molecule has 2 aromatic rings. The molecule has 3 rings (SSSR count). The molecular weight excluding hydrogens is 244 g/mol. The molecule has 0 saturated carbocycles. The molecular formula is C12H18N6O. The van der Waals surface area contributed by atoms with E-state index in [1.165, 1.54) is 4.40 Å². The molecule has 0 aliphatic carbocycles. The van der Waals surface area contributed by atoms with Gasteiger partial charge in [0.1, 0.15) is 11.6 Å². The van der Waals surface area contributed by atoms with Crippen LogP contribution < -0.4 is 16.3 Å². The summed E-state index contributed by atoms with van der Waals surface area (Å²) in [5.74, 6) is 1.42. The molecule has 0 spiro atoms. The topological polar surface area (TPSA) is 87.1 Å². The number of aryl methyl sites for hydroxylation is 1. The molecule has 0 bridgehead atoms. The molecule has 1 saturated heterocycles. The largest absolute Gasteiger partial charge is 0.367 e. The highest BCUT2D eigenvalue weighted by molar-refractivity contribution is 5.50. The lowest BCUT2D eigenvalue weighted by Gasteiger charge is -2.29. The molecule has 2 unspecified atom stereocenters. The number of fused-ring (bicyclic) bond motifs is 1. The van der Waals surface area contributed by atoms with Gasteiger partial charge >= 0.3 is 5.69 Å². The van der Waals surface area contributed by atoms with Gasteiger partial charge in [-0.3, -0.25) is 0 Å². The lowest BCUT2D eigenvalue weighted by Crippen LogP contribution is -2.41. The summed E-state index contributed by atoms with van der Waals surface area (Å²) in [6, 6.07) is 2.73. The Kier molecular flexibility index (Phi) is 2.98. The minimum Gasteiger partial charge on any atom is -0.367 e. The van der Waals surface area contributed by atoms with Gasteiger partial charge in [0.25, 0.3) is 0 Å². The van der Waals surface area contributed by atoms with E-state index < -0.39 is 0 Å². The normalized spacial score (nSPS) is 23.7. The Morgan fingerprint density at radius 1 is 1.53 bits per heavy atom. The fourth-order valence-corrected chi connectivity index (χ4v) is 2.64. The van der Waals surface area contributed by atoms with Gasteiger partial charge in [0, 0.05) is 18.2 Å². The number of hydrogen-bond donors (Lipinski definition) is 3. The predicted octanol–water partition coefficient (Wildman–Crippen LogP) is 0.278. The van der Waals surface area contributed by atoms with Crippen molar-refractivity contribution in [2.24, 2.45) is 0 Å². The van der Waals surface area contributed by atoms with Crippen LogP contribution in [0.1, 0.15) is 25.6 Å². The highest BCUT2D eigenvalue weighted by Crippen LogP contribution is 2.15. The Labute approximate surface area is 110 Å². The zero-order valence-electron chi connectivity index (χ0n) is 11.1. The second kappa shape index (κ2) is 4.65. The van der Waals surface area contributed by atoms with Gasteiger partial charge in [-0.15, -0.1) is 0 Å². The summed E-state index contributed by atoms with van der Waals surface area (Å²) in [6.45, 7) is 5.01. The Morgan fingerprint density at radius 3 is 3.16 bits per heavy atom. The second-order valence-electron chi connectivity index (χ2n) is 5.13. The van der Waals surface area contributed by atoms with E-state index in [1.807, 2.05) is 0 Å². The summed E-state index contributed by atoms with van der Waals surface area (Å²) in [7, 11) is 0. The lowest BCUT2D eigenvalue weighted by atomic mass is 10.0. The molecule has 0 aromatic carbocycles. The molecule has 1 fully saturated rings. The van der Waals surface area contributed by atoms with E-state index >= 15 is 0 Å². The van der Waals surface area contributed by atoms with Gasteiger partial charge in [-0.25, -0.2) is 19.3 Å². The van der Waals surface area contributed by atoms with Crippen LogP contribution in [0.2, 0.25) is 0 Å². The van der Waals surface area contributed by atoms with E-state index in [9.17, 15) is 4.79 Å². The standard InChI is InChI=1S/C12H18N6O/c1-7-5-9(3-4-13-7)15-10-6-11-16-17-12(19)18(11)8(2)14-10/h6-7,9,13,15H,3-5H2,1-2H3,(H,17,19). The van der Waals surface area contributed by atoms with Gasteiger partial charge in [0.2, 0.25) is 0 Å². The molecule has 7 nitrogen and oxygen atoms in total. The van der Waals surface area contributed by atoms with Crippen molar-refractivity contribution in [1.29, 1.82) is 0 Å². The Bertz CT molecular complexity index is 645. The van der Waals surface area contributed by atoms with Crippen LogP contribution in [0.4, 0.5) is 5.82 Å². The summed E-state index contributed by atoms with van der Waals surface area (Å²) >= 11 is 0. The van der Waals surface area contributed by atoms with Crippen molar-refractivity contribution in [1.82, 2.24) is 24.9 Å². The van der Waals surface area contributed by atoms with Gasteiger partial charge in [-0.05, 0) is 33.2 Å². The van der Waals surface area contributed by atoms with Gasteiger partial charge in [0.15, 0.2) is 5.65 Å². The van der Waals surface area contributed by atoms with Crippen LogP contribution in [0.25, 0.3) is 5.65 Å². The molecule has 102 valence electrons. The minimum absolute atomic E-state index is 0.248. The van der Waals surface area contributed by atoms with Gasteiger partial charge in [-0.1, -0.05) is 0 Å². The van der Waals surface area contributed by atoms with Crippen LogP contribution in [-0.4, -0.2) is 38.2 Å². The van der Waals surface area contributed by atoms with Crippen molar-refractivity contribution in [2.75, 3.05) is 11.9 Å². The minimum atomic E-state index is -0.248. The Morgan fingerprint density at radius 2 is 2.37 bits per heavy atom. The number of nitrogens with zero attached hydrogens (tertiary/aromatic N) is 3. The average Bonchev–Trinajstić information content (AvgIpc) is 2.71. The van der Waals surface area contributed by atoms with Gasteiger partial charge in [0.05, 0.1) is 0 Å². The number of H-pyrrole nitrogens is 1. The van der Waals surface area contributed by atoms with Crippen molar-refractivity contribution < 1.29 is 0 Å². The van der Waals surface area contributed by atoms with E-state index in [2.05, 4.69) is 32.7 Å². The maximum atomic E-state index is 11.5. The summed E-state index contributed by atoms with van der Waals surface area (Å²) < 4.78 is 1.47. The van der Waals surface area contributed by atoms with Crippen molar-refractivity contribution in [2.45, 2.75) is 38.8 Å². The highest BCUT2D eigenvalue weighted by atomic mass is 16.1. The third-order valence-electron chi connectivity index (χ3n) is 3.55. The highest BCUT2D eigenvalue weighted by Gasteiger charge is 2.19. The first-order valence-electron chi connectivity index (χ1n) is 6.58. The van der Waals surface area contributed by atoms with E-state index in [4.69, 9.17) is 0 Å². The van der Waals surface area contributed by atoms with Crippen LogP contribution >= 0.6 is 0 Å². The predicted molar refractivity (Wildman–Crippen MR) is 72.5 cm³/mol. The molecule has 19 heavy (non-hydrogen) atoms. The lowest BCUT2D eigenvalue weighted by molar-refractivity contribution is 0.396. The number of piperidine rings is 1. The summed E-state index contributed by atoms with van der Waals surface area (Å²) in [4.78, 5) is 15.9. The van der Waals surface area contributed by atoms with Crippen LogP contribution in [0.3, 0.4) is 0 Å². The summed E-state index contributed by atoms with van der Waals surface area (Å²) in [5.41, 5.74) is 0.351. The first-order valence-corrected chi connectivity index (χ1v) is 6.58. The third kappa shape index (κ3) is 2.33. The smallest absolute Gasteiger partial charge is 0.349 e. The molecule has 1 aliphatic heterocycles. The van der Waals surface area contributed by atoms with Crippen LogP contribution in [0.5, 0.6) is 0 Å². The molecule has 0 radical (unpaired) electrons. The number of anilines is 1. The van der Waals surface area contributed by atoms with Crippen LogP contribution in [0.15, 0.2) is 10.9 Å². The summed E-state index contributed by atoms with van der Waals surface area (Å²) in [6.07, 6.45) is 2.14. The molecule has 7 heteroatoms. The van der Waals surface area contributed by atoms with Crippen molar-refractivity contribution >= 4 is 11.5 Å². The van der Waals surface area contributed by atoms with Crippen LogP contribution in [0, 0.1) is 6.92 Å². The van der Waals surface area contributed by atoms with Crippen molar-refractivity contribution in [3.8, 4) is 0 Å². The summed E-state index contributed by atoms with van der Waals surface area (Å²) in [5, 5.41) is 13.3.